The maximum Gasteiger partial charge on any atom is 0.0701 e. The summed E-state index contributed by atoms with van der Waals surface area (Å²) in [5.74, 6) is 0.914. The van der Waals surface area contributed by atoms with Gasteiger partial charge >= 0.3 is 0 Å². The Morgan fingerprint density at radius 2 is 1.94 bits per heavy atom. The molecule has 0 radical (unpaired) electrons. The highest BCUT2D eigenvalue weighted by molar-refractivity contribution is 4.82. The lowest BCUT2D eigenvalue weighted by atomic mass is 9.85. The fraction of sp³-hybridized carbons (Fsp3) is 1.00. The second-order valence-electron chi connectivity index (χ2n) is 5.76. The fourth-order valence-electron chi connectivity index (χ4n) is 3.36. The number of hydrogen-bond donors (Lipinski definition) is 1. The lowest BCUT2D eigenvalue weighted by molar-refractivity contribution is -0.0200. The predicted molar refractivity (Wildman–Crippen MR) is 69.1 cm³/mol. The molecule has 0 bridgehead atoms. The van der Waals surface area contributed by atoms with Crippen molar-refractivity contribution < 1.29 is 9.84 Å². The standard InChI is InChI=1S/C14H27NO2/c1-12-3-2-4-13(11-12)15-7-5-14(6-8-15)17-10-9-16/h12-14,16H,2-11H2,1H3. The SMILES string of the molecule is CC1CCCC(N2CCC(OCCO)CC2)C1. The van der Waals surface area contributed by atoms with Crippen LogP contribution >= 0.6 is 0 Å². The van der Waals surface area contributed by atoms with E-state index in [9.17, 15) is 0 Å². The summed E-state index contributed by atoms with van der Waals surface area (Å²) in [7, 11) is 0. The van der Waals surface area contributed by atoms with Crippen LogP contribution in [0.3, 0.4) is 0 Å². The highest BCUT2D eigenvalue weighted by atomic mass is 16.5. The number of likely N-dealkylation sites (tertiary alicyclic amines) is 1. The molecule has 0 aromatic carbocycles. The van der Waals surface area contributed by atoms with Crippen molar-refractivity contribution >= 4 is 0 Å². The van der Waals surface area contributed by atoms with E-state index >= 15 is 0 Å². The third kappa shape index (κ3) is 3.94. The third-order valence-electron chi connectivity index (χ3n) is 4.35. The number of aliphatic hydroxyl groups excluding tert-OH is 1. The molecule has 100 valence electrons. The van der Waals surface area contributed by atoms with E-state index in [-0.39, 0.29) is 6.61 Å². The van der Waals surface area contributed by atoms with Crippen molar-refractivity contribution in [3.8, 4) is 0 Å². The van der Waals surface area contributed by atoms with Gasteiger partial charge in [0.1, 0.15) is 0 Å². The molecule has 17 heavy (non-hydrogen) atoms. The average Bonchev–Trinajstić information content (AvgIpc) is 2.37. The first-order chi connectivity index (χ1) is 8.29. The van der Waals surface area contributed by atoms with Crippen molar-refractivity contribution in [2.24, 2.45) is 5.92 Å². The molecular formula is C14H27NO2. The maximum absolute atomic E-state index is 8.75. The monoisotopic (exact) mass is 241 g/mol. The van der Waals surface area contributed by atoms with Gasteiger partial charge in [-0.2, -0.15) is 0 Å². The molecule has 2 unspecified atom stereocenters. The minimum Gasteiger partial charge on any atom is -0.394 e. The summed E-state index contributed by atoms with van der Waals surface area (Å²) in [5, 5.41) is 8.75. The van der Waals surface area contributed by atoms with Gasteiger partial charge in [0, 0.05) is 19.1 Å². The number of piperidine rings is 1. The van der Waals surface area contributed by atoms with Crippen LogP contribution in [0.15, 0.2) is 0 Å². The first-order valence-corrected chi connectivity index (χ1v) is 7.26. The highest BCUT2D eigenvalue weighted by Gasteiger charge is 2.28. The van der Waals surface area contributed by atoms with Gasteiger partial charge in [0.2, 0.25) is 0 Å². The van der Waals surface area contributed by atoms with E-state index in [1.807, 2.05) is 0 Å². The minimum atomic E-state index is 0.153. The number of rotatable bonds is 4. The van der Waals surface area contributed by atoms with Gasteiger partial charge < -0.3 is 14.7 Å². The molecule has 2 atom stereocenters. The van der Waals surface area contributed by atoms with Crippen molar-refractivity contribution in [2.45, 2.75) is 57.6 Å². The van der Waals surface area contributed by atoms with E-state index in [1.54, 1.807) is 0 Å². The molecule has 2 fully saturated rings. The Labute approximate surface area is 105 Å². The van der Waals surface area contributed by atoms with Crippen LogP contribution in [-0.4, -0.2) is 48.5 Å². The van der Waals surface area contributed by atoms with Gasteiger partial charge in [0.15, 0.2) is 0 Å². The topological polar surface area (TPSA) is 32.7 Å². The lowest BCUT2D eigenvalue weighted by Crippen LogP contribution is -2.45. The van der Waals surface area contributed by atoms with Crippen molar-refractivity contribution in [3.63, 3.8) is 0 Å². The van der Waals surface area contributed by atoms with Gasteiger partial charge in [-0.05, 0) is 31.6 Å². The van der Waals surface area contributed by atoms with Crippen molar-refractivity contribution in [3.05, 3.63) is 0 Å². The Kier molecular flexibility index (Phi) is 5.26. The molecular weight excluding hydrogens is 214 g/mol. The van der Waals surface area contributed by atoms with Crippen LogP contribution in [0.2, 0.25) is 0 Å². The second kappa shape index (κ2) is 6.72. The Balaban J connectivity index is 1.71. The van der Waals surface area contributed by atoms with E-state index in [0.29, 0.717) is 12.7 Å². The molecule has 2 rings (SSSR count). The zero-order valence-corrected chi connectivity index (χ0v) is 11.1. The lowest BCUT2D eigenvalue weighted by Gasteiger charge is -2.40. The molecule has 1 aliphatic carbocycles. The quantitative estimate of drug-likeness (QED) is 0.817. The van der Waals surface area contributed by atoms with E-state index in [0.717, 1.165) is 24.8 Å². The van der Waals surface area contributed by atoms with Crippen LogP contribution in [0.5, 0.6) is 0 Å². The van der Waals surface area contributed by atoms with Gasteiger partial charge in [0.05, 0.1) is 19.3 Å². The summed E-state index contributed by atoms with van der Waals surface area (Å²) in [6.45, 7) is 5.43. The molecule has 0 amide bonds. The molecule has 0 aromatic rings. The van der Waals surface area contributed by atoms with Crippen molar-refractivity contribution in [2.75, 3.05) is 26.3 Å². The molecule has 1 saturated carbocycles. The van der Waals surface area contributed by atoms with E-state index < -0.39 is 0 Å². The molecule has 3 nitrogen and oxygen atoms in total. The third-order valence-corrected chi connectivity index (χ3v) is 4.35. The van der Waals surface area contributed by atoms with Gasteiger partial charge in [0.25, 0.3) is 0 Å². The van der Waals surface area contributed by atoms with E-state index in [2.05, 4.69) is 11.8 Å². The summed E-state index contributed by atoms with van der Waals surface area (Å²) in [6.07, 6.45) is 8.29. The van der Waals surface area contributed by atoms with E-state index in [1.165, 1.54) is 38.8 Å². The van der Waals surface area contributed by atoms with Gasteiger partial charge in [-0.15, -0.1) is 0 Å². The number of nitrogens with zero attached hydrogens (tertiary/aromatic N) is 1. The number of ether oxygens (including phenoxy) is 1. The van der Waals surface area contributed by atoms with E-state index in [4.69, 9.17) is 9.84 Å². The van der Waals surface area contributed by atoms with Crippen molar-refractivity contribution in [1.82, 2.24) is 4.90 Å². The summed E-state index contributed by atoms with van der Waals surface area (Å²) < 4.78 is 5.61. The Morgan fingerprint density at radius 3 is 2.59 bits per heavy atom. The highest BCUT2D eigenvalue weighted by Crippen LogP contribution is 2.29. The van der Waals surface area contributed by atoms with Crippen LogP contribution in [0, 0.1) is 5.92 Å². The second-order valence-corrected chi connectivity index (χ2v) is 5.76. The van der Waals surface area contributed by atoms with Gasteiger partial charge in [-0.3, -0.25) is 0 Å². The largest absolute Gasteiger partial charge is 0.394 e. The van der Waals surface area contributed by atoms with Crippen LogP contribution < -0.4 is 0 Å². The number of hydrogen-bond acceptors (Lipinski definition) is 3. The molecule has 1 heterocycles. The molecule has 0 aromatic heterocycles. The normalized spacial score (nSPS) is 32.8. The average molecular weight is 241 g/mol. The summed E-state index contributed by atoms with van der Waals surface area (Å²) in [6, 6.07) is 0.831. The Bertz CT molecular complexity index is 214. The molecule has 3 heteroatoms. The van der Waals surface area contributed by atoms with Gasteiger partial charge in [-0.25, -0.2) is 0 Å². The minimum absolute atomic E-state index is 0.153. The molecule has 1 aliphatic heterocycles. The zero-order chi connectivity index (χ0) is 12.1. The fourth-order valence-corrected chi connectivity index (χ4v) is 3.36. The van der Waals surface area contributed by atoms with Crippen LogP contribution in [0.1, 0.15) is 45.4 Å². The predicted octanol–water partition coefficient (Wildman–Crippen LogP) is 2.04. The first kappa shape index (κ1) is 13.3. The van der Waals surface area contributed by atoms with Crippen molar-refractivity contribution in [1.29, 1.82) is 0 Å². The van der Waals surface area contributed by atoms with Gasteiger partial charge in [-0.1, -0.05) is 19.8 Å². The van der Waals surface area contributed by atoms with Crippen LogP contribution in [-0.2, 0) is 4.74 Å². The Morgan fingerprint density at radius 1 is 1.18 bits per heavy atom. The molecule has 0 spiro atoms. The Hall–Kier alpha value is -0.120. The number of aliphatic hydroxyl groups is 1. The molecule has 2 aliphatic rings. The van der Waals surface area contributed by atoms with Crippen LogP contribution in [0.4, 0.5) is 0 Å². The first-order valence-electron chi connectivity index (χ1n) is 7.26. The maximum atomic E-state index is 8.75. The summed E-state index contributed by atoms with van der Waals surface area (Å²) >= 11 is 0. The summed E-state index contributed by atoms with van der Waals surface area (Å²) in [5.41, 5.74) is 0. The smallest absolute Gasteiger partial charge is 0.0701 e. The zero-order valence-electron chi connectivity index (χ0n) is 11.1. The van der Waals surface area contributed by atoms with Crippen LogP contribution in [0.25, 0.3) is 0 Å². The molecule has 1 saturated heterocycles. The molecule has 1 N–H and O–H groups in total. The summed E-state index contributed by atoms with van der Waals surface area (Å²) in [4.78, 5) is 2.68.